The van der Waals surface area contributed by atoms with E-state index in [2.05, 4.69) is 10.4 Å². The average Bonchev–Trinajstić information content (AvgIpc) is 3.46. The van der Waals surface area contributed by atoms with Gasteiger partial charge >= 0.3 is 5.97 Å². The first-order chi connectivity index (χ1) is 14.4. The van der Waals surface area contributed by atoms with E-state index in [1.165, 1.54) is 16.0 Å². The summed E-state index contributed by atoms with van der Waals surface area (Å²) in [6, 6.07) is 14.1. The van der Waals surface area contributed by atoms with E-state index >= 15 is 0 Å². The number of hydrogen-bond donors (Lipinski definition) is 1. The fraction of sp³-hybridized carbons (Fsp3) is 0.250. The Hall–Kier alpha value is -2.98. The highest BCUT2D eigenvalue weighted by Gasteiger charge is 2.29. The number of amides is 1. The Bertz CT molecular complexity index is 1150. The lowest BCUT2D eigenvalue weighted by molar-refractivity contribution is -0.124. The van der Waals surface area contributed by atoms with Gasteiger partial charge in [-0.15, -0.1) is 11.3 Å². The third-order valence-corrected chi connectivity index (χ3v) is 7.29. The predicted octanol–water partition coefficient (Wildman–Crippen LogP) is 2.06. The molecule has 1 aliphatic rings. The van der Waals surface area contributed by atoms with Crippen LogP contribution in [0.2, 0.25) is 0 Å². The Morgan fingerprint density at radius 1 is 1.20 bits per heavy atom. The van der Waals surface area contributed by atoms with E-state index in [4.69, 9.17) is 4.74 Å². The number of sulfone groups is 1. The zero-order valence-electron chi connectivity index (χ0n) is 15.9. The molecule has 0 radical (unpaired) electrons. The van der Waals surface area contributed by atoms with Crippen molar-refractivity contribution in [2.75, 3.05) is 18.1 Å². The minimum Gasteiger partial charge on any atom is -0.451 e. The lowest BCUT2D eigenvalue weighted by Gasteiger charge is -2.11. The molecule has 0 bridgehead atoms. The first-order valence-electron chi connectivity index (χ1n) is 9.27. The van der Waals surface area contributed by atoms with Crippen LogP contribution in [-0.2, 0) is 19.4 Å². The van der Waals surface area contributed by atoms with Crippen molar-refractivity contribution in [3.8, 4) is 16.3 Å². The lowest BCUT2D eigenvalue weighted by atomic mass is 10.2. The molecule has 3 heterocycles. The van der Waals surface area contributed by atoms with Crippen molar-refractivity contribution < 1.29 is 22.7 Å². The molecule has 2 aromatic heterocycles. The monoisotopic (exact) mass is 445 g/mol. The molecule has 1 fully saturated rings. The van der Waals surface area contributed by atoms with Gasteiger partial charge in [0.05, 0.1) is 22.1 Å². The zero-order valence-corrected chi connectivity index (χ0v) is 17.5. The van der Waals surface area contributed by atoms with Crippen LogP contribution in [-0.4, -0.2) is 54.2 Å². The van der Waals surface area contributed by atoms with Crippen LogP contribution in [0.1, 0.15) is 16.9 Å². The van der Waals surface area contributed by atoms with Crippen molar-refractivity contribution in [1.29, 1.82) is 0 Å². The van der Waals surface area contributed by atoms with Gasteiger partial charge in [-0.1, -0.05) is 24.3 Å². The highest BCUT2D eigenvalue weighted by molar-refractivity contribution is 7.91. The molecule has 0 spiro atoms. The number of carbonyl (C=O) groups is 2. The third kappa shape index (κ3) is 4.60. The van der Waals surface area contributed by atoms with E-state index in [1.807, 2.05) is 47.8 Å². The summed E-state index contributed by atoms with van der Waals surface area (Å²) in [6.45, 7) is -0.496. The van der Waals surface area contributed by atoms with Crippen LogP contribution < -0.4 is 5.32 Å². The summed E-state index contributed by atoms with van der Waals surface area (Å²) in [4.78, 5) is 25.7. The molecule has 1 N–H and O–H groups in total. The summed E-state index contributed by atoms with van der Waals surface area (Å²) < 4.78 is 29.7. The first kappa shape index (κ1) is 20.3. The van der Waals surface area contributed by atoms with Gasteiger partial charge in [-0.2, -0.15) is 5.10 Å². The van der Waals surface area contributed by atoms with E-state index in [0.717, 1.165) is 4.88 Å². The number of carbonyl (C=O) groups excluding carboxylic acids is 2. The van der Waals surface area contributed by atoms with E-state index in [9.17, 15) is 18.0 Å². The van der Waals surface area contributed by atoms with Crippen molar-refractivity contribution in [3.63, 3.8) is 0 Å². The molecule has 1 aliphatic heterocycles. The van der Waals surface area contributed by atoms with Gasteiger partial charge in [0, 0.05) is 12.1 Å². The molecule has 4 rings (SSSR count). The van der Waals surface area contributed by atoms with Gasteiger partial charge in [0.25, 0.3) is 5.91 Å². The van der Waals surface area contributed by atoms with E-state index in [1.54, 1.807) is 6.07 Å². The van der Waals surface area contributed by atoms with Crippen LogP contribution in [0, 0.1) is 0 Å². The number of rotatable bonds is 6. The Balaban J connectivity index is 1.48. The second-order valence-electron chi connectivity index (χ2n) is 6.88. The summed E-state index contributed by atoms with van der Waals surface area (Å²) in [5, 5.41) is 9.05. The largest absolute Gasteiger partial charge is 0.451 e. The Morgan fingerprint density at radius 3 is 2.67 bits per heavy atom. The van der Waals surface area contributed by atoms with Crippen LogP contribution in [0.15, 0.2) is 53.9 Å². The van der Waals surface area contributed by atoms with Gasteiger partial charge in [0.15, 0.2) is 22.1 Å². The lowest BCUT2D eigenvalue weighted by Crippen LogP contribution is -2.38. The number of aromatic nitrogens is 2. The molecule has 1 aromatic carbocycles. The maximum atomic E-state index is 12.7. The van der Waals surface area contributed by atoms with Crippen LogP contribution in [0.4, 0.5) is 0 Å². The van der Waals surface area contributed by atoms with Gasteiger partial charge in [0.1, 0.15) is 5.69 Å². The van der Waals surface area contributed by atoms with Crippen molar-refractivity contribution in [2.45, 2.75) is 12.5 Å². The van der Waals surface area contributed by atoms with Crippen molar-refractivity contribution in [2.24, 2.45) is 0 Å². The third-order valence-electron chi connectivity index (χ3n) is 4.62. The Kier molecular flexibility index (Phi) is 5.69. The molecular formula is C20H19N3O5S2. The number of hydrogen-bond acceptors (Lipinski definition) is 7. The Labute approximate surface area is 177 Å². The average molecular weight is 446 g/mol. The SMILES string of the molecule is O=C(COC(=O)c1cc(-c2cccs2)nn1-c1ccccc1)N[C@H]1CCS(=O)(=O)C1. The number of para-hydroxylation sites is 1. The fourth-order valence-electron chi connectivity index (χ4n) is 3.22. The number of benzene rings is 1. The summed E-state index contributed by atoms with van der Waals surface area (Å²) in [5.74, 6) is -1.25. The van der Waals surface area contributed by atoms with Gasteiger partial charge in [-0.25, -0.2) is 17.9 Å². The summed E-state index contributed by atoms with van der Waals surface area (Å²) in [6.07, 6.45) is 0.368. The van der Waals surface area contributed by atoms with Gasteiger partial charge in [0.2, 0.25) is 0 Å². The predicted molar refractivity (Wildman–Crippen MR) is 112 cm³/mol. The zero-order chi connectivity index (χ0) is 21.1. The molecule has 0 saturated carbocycles. The second kappa shape index (κ2) is 8.41. The maximum Gasteiger partial charge on any atom is 0.357 e. The summed E-state index contributed by atoms with van der Waals surface area (Å²) in [7, 11) is -3.10. The van der Waals surface area contributed by atoms with Crippen LogP contribution in [0.3, 0.4) is 0 Å². The standard InChI is InChI=1S/C20H19N3O5S2/c24-19(21-14-8-10-30(26,27)13-14)12-28-20(25)17-11-16(18-7-4-9-29-18)22-23(17)15-5-2-1-3-6-15/h1-7,9,11,14H,8,10,12-13H2,(H,21,24)/t14-/m0/s1. The number of thiophene rings is 1. The van der Waals surface area contributed by atoms with Gasteiger partial charge in [-0.3, -0.25) is 4.79 Å². The summed E-state index contributed by atoms with van der Waals surface area (Å²) >= 11 is 1.50. The first-order valence-corrected chi connectivity index (χ1v) is 12.0. The second-order valence-corrected chi connectivity index (χ2v) is 10.1. The van der Waals surface area contributed by atoms with Crippen molar-refractivity contribution >= 4 is 33.1 Å². The Morgan fingerprint density at radius 2 is 2.00 bits per heavy atom. The summed E-state index contributed by atoms with van der Waals surface area (Å²) in [5.41, 5.74) is 1.51. The smallest absolute Gasteiger partial charge is 0.357 e. The van der Waals surface area contributed by atoms with Crippen molar-refractivity contribution in [3.05, 3.63) is 59.6 Å². The topological polar surface area (TPSA) is 107 Å². The molecule has 30 heavy (non-hydrogen) atoms. The normalized spacial score (nSPS) is 17.5. The molecule has 8 nitrogen and oxygen atoms in total. The van der Waals surface area contributed by atoms with E-state index < -0.39 is 34.4 Å². The molecule has 1 atom stereocenters. The molecule has 3 aromatic rings. The molecule has 1 amide bonds. The van der Waals surface area contributed by atoms with E-state index in [0.29, 0.717) is 17.8 Å². The van der Waals surface area contributed by atoms with E-state index in [-0.39, 0.29) is 17.2 Å². The quantitative estimate of drug-likeness (QED) is 0.582. The van der Waals surface area contributed by atoms with Crippen LogP contribution in [0.5, 0.6) is 0 Å². The van der Waals surface area contributed by atoms with Gasteiger partial charge < -0.3 is 10.1 Å². The fourth-order valence-corrected chi connectivity index (χ4v) is 5.58. The minimum absolute atomic E-state index is 0.0551. The highest BCUT2D eigenvalue weighted by atomic mass is 32.2. The molecule has 0 aliphatic carbocycles. The molecular weight excluding hydrogens is 426 g/mol. The number of nitrogens with zero attached hydrogens (tertiary/aromatic N) is 2. The highest BCUT2D eigenvalue weighted by Crippen LogP contribution is 2.26. The maximum absolute atomic E-state index is 12.7. The molecule has 156 valence electrons. The number of ether oxygens (including phenoxy) is 1. The number of esters is 1. The van der Waals surface area contributed by atoms with Crippen LogP contribution in [0.25, 0.3) is 16.3 Å². The van der Waals surface area contributed by atoms with Gasteiger partial charge in [-0.05, 0) is 30.0 Å². The van der Waals surface area contributed by atoms with Crippen LogP contribution >= 0.6 is 11.3 Å². The number of nitrogens with one attached hydrogen (secondary N) is 1. The minimum atomic E-state index is -3.10. The molecule has 0 unspecified atom stereocenters. The molecule has 1 saturated heterocycles. The van der Waals surface area contributed by atoms with Crippen molar-refractivity contribution in [1.82, 2.24) is 15.1 Å². The molecule has 10 heteroatoms.